The molecule has 2 N–H and O–H groups in total. The number of hydrogen-bond acceptors (Lipinski definition) is 3. The summed E-state index contributed by atoms with van der Waals surface area (Å²) in [4.78, 5) is 24.7. The van der Waals surface area contributed by atoms with Crippen LogP contribution in [-0.4, -0.2) is 43.5 Å². The molecule has 0 aromatic carbocycles. The van der Waals surface area contributed by atoms with Gasteiger partial charge in [0.05, 0.1) is 0 Å². The molecule has 3 amide bonds. The van der Waals surface area contributed by atoms with Gasteiger partial charge < -0.3 is 10.2 Å². The van der Waals surface area contributed by atoms with Gasteiger partial charge in [0.15, 0.2) is 0 Å². The van der Waals surface area contributed by atoms with Crippen LogP contribution in [0.2, 0.25) is 0 Å². The molecular formula is C12H23N3O2. The molecule has 0 aromatic heterocycles. The van der Waals surface area contributed by atoms with Gasteiger partial charge in [0.2, 0.25) is 5.91 Å². The first-order valence-electron chi connectivity index (χ1n) is 6.39. The number of carbonyl (C=O) groups is 2. The molecule has 1 fully saturated rings. The second-order valence-electron chi connectivity index (χ2n) is 4.62. The Hall–Kier alpha value is -1.10. The number of urea groups is 1. The highest BCUT2D eigenvalue weighted by Gasteiger charge is 2.24. The van der Waals surface area contributed by atoms with Crippen molar-refractivity contribution in [2.75, 3.05) is 26.7 Å². The minimum Gasteiger partial charge on any atom is -0.341 e. The molecule has 1 aliphatic rings. The number of nitrogens with one attached hydrogen (secondary N) is 2. The largest absolute Gasteiger partial charge is 0.341 e. The third-order valence-electron chi connectivity index (χ3n) is 2.89. The van der Waals surface area contributed by atoms with Crippen molar-refractivity contribution in [3.05, 3.63) is 0 Å². The summed E-state index contributed by atoms with van der Waals surface area (Å²) in [6, 6.07) is -0.431. The van der Waals surface area contributed by atoms with Gasteiger partial charge in [-0.3, -0.25) is 10.1 Å². The predicted octanol–water partition coefficient (Wildman–Crippen LogP) is 0.954. The molecule has 98 valence electrons. The highest BCUT2D eigenvalue weighted by Crippen LogP contribution is 2.29. The van der Waals surface area contributed by atoms with E-state index in [1.807, 2.05) is 0 Å². The van der Waals surface area contributed by atoms with Gasteiger partial charge >= 0.3 is 6.03 Å². The number of carbonyl (C=O) groups excluding carboxylic acids is 2. The smallest absolute Gasteiger partial charge is 0.321 e. The number of hydrogen-bond donors (Lipinski definition) is 2. The number of rotatable bonds is 7. The molecule has 5 nitrogen and oxygen atoms in total. The van der Waals surface area contributed by atoms with Crippen LogP contribution in [0, 0.1) is 5.92 Å². The van der Waals surface area contributed by atoms with Gasteiger partial charge in [-0.15, -0.1) is 0 Å². The standard InChI is InChI=1S/C12H23N3O2/c1-3-7-15(9-10-4-5-10)8-6-11(16)14-12(17)13-2/h10H,3-9H2,1-2H3,(H2,13,14,16,17). The maximum Gasteiger partial charge on any atom is 0.321 e. The van der Waals surface area contributed by atoms with E-state index in [2.05, 4.69) is 22.5 Å². The Labute approximate surface area is 103 Å². The Morgan fingerprint density at radius 2 is 2.00 bits per heavy atom. The van der Waals surface area contributed by atoms with Gasteiger partial charge in [0, 0.05) is 26.6 Å². The van der Waals surface area contributed by atoms with Crippen LogP contribution < -0.4 is 10.6 Å². The minimum atomic E-state index is -0.431. The molecule has 0 atom stereocenters. The van der Waals surface area contributed by atoms with Gasteiger partial charge in [-0.05, 0) is 31.7 Å². The molecule has 17 heavy (non-hydrogen) atoms. The van der Waals surface area contributed by atoms with E-state index >= 15 is 0 Å². The summed E-state index contributed by atoms with van der Waals surface area (Å²) >= 11 is 0. The molecule has 0 radical (unpaired) electrons. The lowest BCUT2D eigenvalue weighted by Gasteiger charge is -2.20. The third kappa shape index (κ3) is 6.26. The second kappa shape index (κ2) is 7.27. The van der Waals surface area contributed by atoms with E-state index in [1.54, 1.807) is 0 Å². The molecule has 5 heteroatoms. The van der Waals surface area contributed by atoms with E-state index in [0.717, 1.165) is 32.0 Å². The third-order valence-corrected chi connectivity index (χ3v) is 2.89. The van der Waals surface area contributed by atoms with Crippen LogP contribution in [0.5, 0.6) is 0 Å². The Kier molecular flexibility index (Phi) is 5.97. The maximum atomic E-state index is 11.4. The lowest BCUT2D eigenvalue weighted by Crippen LogP contribution is -2.39. The Bertz CT molecular complexity index is 264. The van der Waals surface area contributed by atoms with Crippen molar-refractivity contribution < 1.29 is 9.59 Å². The quantitative estimate of drug-likeness (QED) is 0.697. The van der Waals surface area contributed by atoms with E-state index in [9.17, 15) is 9.59 Å². The zero-order valence-electron chi connectivity index (χ0n) is 10.8. The Balaban J connectivity index is 2.19. The first-order valence-corrected chi connectivity index (χ1v) is 6.39. The molecule has 0 aliphatic heterocycles. The van der Waals surface area contributed by atoms with Crippen molar-refractivity contribution in [3.63, 3.8) is 0 Å². The molecule has 1 aliphatic carbocycles. The lowest BCUT2D eigenvalue weighted by atomic mass is 10.3. The number of nitrogens with zero attached hydrogens (tertiary/aromatic N) is 1. The normalized spacial score (nSPS) is 14.8. The average Bonchev–Trinajstić information content (AvgIpc) is 3.10. The molecular weight excluding hydrogens is 218 g/mol. The molecule has 0 unspecified atom stereocenters. The first-order chi connectivity index (χ1) is 8.15. The van der Waals surface area contributed by atoms with Crippen LogP contribution in [0.4, 0.5) is 4.79 Å². The summed E-state index contributed by atoms with van der Waals surface area (Å²) < 4.78 is 0. The number of imide groups is 1. The monoisotopic (exact) mass is 241 g/mol. The topological polar surface area (TPSA) is 61.4 Å². The van der Waals surface area contributed by atoms with Crippen LogP contribution in [0.25, 0.3) is 0 Å². The van der Waals surface area contributed by atoms with Crippen molar-refractivity contribution in [1.29, 1.82) is 0 Å². The summed E-state index contributed by atoms with van der Waals surface area (Å²) in [5, 5.41) is 4.65. The van der Waals surface area contributed by atoms with Gasteiger partial charge in [0.1, 0.15) is 0 Å². The summed E-state index contributed by atoms with van der Waals surface area (Å²) in [6.45, 7) is 5.02. The highest BCUT2D eigenvalue weighted by atomic mass is 16.2. The van der Waals surface area contributed by atoms with E-state index in [0.29, 0.717) is 6.42 Å². The highest BCUT2D eigenvalue weighted by molar-refractivity contribution is 5.94. The fourth-order valence-corrected chi connectivity index (χ4v) is 1.79. The second-order valence-corrected chi connectivity index (χ2v) is 4.62. The van der Waals surface area contributed by atoms with Gasteiger partial charge in [-0.1, -0.05) is 6.92 Å². The molecule has 0 saturated heterocycles. The molecule has 0 spiro atoms. The molecule has 0 aromatic rings. The SMILES string of the molecule is CCCN(CCC(=O)NC(=O)NC)CC1CC1. The fourth-order valence-electron chi connectivity index (χ4n) is 1.79. The zero-order chi connectivity index (χ0) is 12.7. The van der Waals surface area contributed by atoms with Crippen molar-refractivity contribution in [1.82, 2.24) is 15.5 Å². The summed E-state index contributed by atoms with van der Waals surface area (Å²) in [6.07, 6.45) is 4.14. The average molecular weight is 241 g/mol. The first kappa shape index (κ1) is 14.0. The lowest BCUT2D eigenvalue weighted by molar-refractivity contribution is -0.120. The van der Waals surface area contributed by atoms with Crippen molar-refractivity contribution in [3.8, 4) is 0 Å². The Morgan fingerprint density at radius 3 is 2.53 bits per heavy atom. The van der Waals surface area contributed by atoms with Crippen molar-refractivity contribution in [2.45, 2.75) is 32.6 Å². The molecule has 1 rings (SSSR count). The van der Waals surface area contributed by atoms with Crippen molar-refractivity contribution in [2.24, 2.45) is 5.92 Å². The minimum absolute atomic E-state index is 0.207. The summed E-state index contributed by atoms with van der Waals surface area (Å²) in [5.41, 5.74) is 0. The van der Waals surface area contributed by atoms with Gasteiger partial charge in [0.25, 0.3) is 0 Å². The fraction of sp³-hybridized carbons (Fsp3) is 0.833. The van der Waals surface area contributed by atoms with E-state index < -0.39 is 6.03 Å². The molecule has 0 bridgehead atoms. The summed E-state index contributed by atoms with van der Waals surface area (Å²) in [5.74, 6) is 0.629. The van der Waals surface area contributed by atoms with Crippen LogP contribution in [0.3, 0.4) is 0 Å². The van der Waals surface area contributed by atoms with Crippen LogP contribution in [-0.2, 0) is 4.79 Å². The number of amides is 3. The predicted molar refractivity (Wildman–Crippen MR) is 66.7 cm³/mol. The zero-order valence-corrected chi connectivity index (χ0v) is 10.8. The maximum absolute atomic E-state index is 11.4. The van der Waals surface area contributed by atoms with Crippen molar-refractivity contribution >= 4 is 11.9 Å². The Morgan fingerprint density at radius 1 is 1.29 bits per heavy atom. The molecule has 0 heterocycles. The van der Waals surface area contributed by atoms with Crippen LogP contribution in [0.1, 0.15) is 32.6 Å². The van der Waals surface area contributed by atoms with E-state index in [4.69, 9.17) is 0 Å². The van der Waals surface area contributed by atoms with Gasteiger partial charge in [-0.2, -0.15) is 0 Å². The van der Waals surface area contributed by atoms with Crippen LogP contribution >= 0.6 is 0 Å². The van der Waals surface area contributed by atoms with Crippen LogP contribution in [0.15, 0.2) is 0 Å². The van der Waals surface area contributed by atoms with E-state index in [1.165, 1.54) is 19.9 Å². The molecule has 1 saturated carbocycles. The summed E-state index contributed by atoms with van der Waals surface area (Å²) in [7, 11) is 1.50. The van der Waals surface area contributed by atoms with E-state index in [-0.39, 0.29) is 5.91 Å². The van der Waals surface area contributed by atoms with Gasteiger partial charge in [-0.25, -0.2) is 4.79 Å².